The number of amides is 8. The predicted octanol–water partition coefficient (Wildman–Crippen LogP) is -4.25. The number of thioether (sulfide) groups is 1. The summed E-state index contributed by atoms with van der Waals surface area (Å²) in [5.74, 6) is -8.14. The monoisotopic (exact) mass is 933 g/mol. The Balaban J connectivity index is 3.16. The maximum absolute atomic E-state index is 13.9. The number of hydrogen-bond donors (Lipinski definition) is 13. The number of carbonyl (C=O) groups is 9. The molecule has 24 heteroatoms. The minimum absolute atomic E-state index is 0.0445. The molecule has 10 atom stereocenters. The normalized spacial score (nSPS) is 18.0. The molecule has 10 unspecified atom stereocenters. The molecule has 15 N–H and O–H groups in total. The molecule has 64 heavy (non-hydrogen) atoms. The van der Waals surface area contributed by atoms with E-state index in [0.29, 0.717) is 31.6 Å². The van der Waals surface area contributed by atoms with Crippen molar-refractivity contribution in [2.24, 2.45) is 23.3 Å². The zero-order valence-corrected chi connectivity index (χ0v) is 38.7. The molecule has 8 amide bonds. The lowest BCUT2D eigenvalue weighted by atomic mass is 9.98. The van der Waals surface area contributed by atoms with Crippen molar-refractivity contribution in [1.29, 1.82) is 0 Å². The van der Waals surface area contributed by atoms with Gasteiger partial charge >= 0.3 is 5.97 Å². The van der Waals surface area contributed by atoms with Gasteiger partial charge in [-0.15, -0.1) is 0 Å². The molecule has 0 spiro atoms. The van der Waals surface area contributed by atoms with E-state index in [1.807, 2.05) is 0 Å². The molecule has 0 aromatic carbocycles. The molecule has 1 saturated heterocycles. The fourth-order valence-corrected chi connectivity index (χ4v) is 7.10. The summed E-state index contributed by atoms with van der Waals surface area (Å²) >= 11 is 1.42. The number of carbonyl (C=O) groups excluding carboxylic acids is 8. The number of nitrogens with one attached hydrogen (secondary N) is 7. The van der Waals surface area contributed by atoms with Crippen molar-refractivity contribution in [3.8, 4) is 0 Å². The van der Waals surface area contributed by atoms with Gasteiger partial charge in [-0.3, -0.25) is 38.4 Å². The summed E-state index contributed by atoms with van der Waals surface area (Å²) in [7, 11) is 0. The average molecular weight is 933 g/mol. The lowest BCUT2D eigenvalue weighted by molar-refractivity contribution is -0.149. The highest BCUT2D eigenvalue weighted by Crippen LogP contribution is 2.18. The average Bonchev–Trinajstić information content (AvgIpc) is 3.73. The molecule has 1 aliphatic rings. The van der Waals surface area contributed by atoms with Crippen molar-refractivity contribution in [1.82, 2.24) is 42.1 Å². The smallest absolute Gasteiger partial charge is 0.326 e. The van der Waals surface area contributed by atoms with Gasteiger partial charge in [0.1, 0.15) is 48.3 Å². The van der Waals surface area contributed by atoms with Crippen LogP contribution in [-0.4, -0.2) is 177 Å². The highest BCUT2D eigenvalue weighted by molar-refractivity contribution is 7.98. The van der Waals surface area contributed by atoms with Crippen molar-refractivity contribution >= 4 is 65.0 Å². The predicted molar refractivity (Wildman–Crippen MR) is 236 cm³/mol. The van der Waals surface area contributed by atoms with Crippen LogP contribution in [0.15, 0.2) is 0 Å². The van der Waals surface area contributed by atoms with E-state index >= 15 is 0 Å². The highest BCUT2D eigenvalue weighted by atomic mass is 32.2. The molecule has 1 aliphatic heterocycles. The first-order chi connectivity index (χ1) is 30.0. The third-order valence-corrected chi connectivity index (χ3v) is 11.0. The van der Waals surface area contributed by atoms with Gasteiger partial charge in [-0.2, -0.15) is 11.8 Å². The number of likely N-dealkylation sites (tertiary alicyclic amines) is 1. The van der Waals surface area contributed by atoms with Gasteiger partial charge in [0, 0.05) is 6.54 Å². The Kier molecular flexibility index (Phi) is 26.0. The van der Waals surface area contributed by atoms with Gasteiger partial charge < -0.3 is 74.0 Å². The summed E-state index contributed by atoms with van der Waals surface area (Å²) in [4.78, 5) is 119. The molecule has 0 saturated carbocycles. The molecule has 0 aliphatic carbocycles. The van der Waals surface area contributed by atoms with E-state index in [4.69, 9.17) is 11.5 Å². The van der Waals surface area contributed by atoms with Gasteiger partial charge in [0.15, 0.2) is 0 Å². The molecule has 0 bridgehead atoms. The SMILES string of the molecule is CSCCC(NC(=O)C(N)C(C)O)C(=O)NC(CCCCN)C(=O)NC(C(=O)NC(CC(C)C)C(=O)NC(C(=O)NCC(=O)NC(CO)C(=O)N1CCCC1C(=O)O)C(C)O)C(C)C. The van der Waals surface area contributed by atoms with Crippen molar-refractivity contribution in [2.45, 2.75) is 147 Å². The number of nitrogens with two attached hydrogens (primary N) is 2. The Bertz CT molecular complexity index is 1590. The van der Waals surface area contributed by atoms with Crippen LogP contribution in [-0.2, 0) is 43.2 Å². The van der Waals surface area contributed by atoms with Crippen LogP contribution in [0.2, 0.25) is 0 Å². The van der Waals surface area contributed by atoms with E-state index in [0.717, 1.165) is 4.90 Å². The number of aliphatic carboxylic acids is 1. The molecular weight excluding hydrogens is 861 g/mol. The fraction of sp³-hybridized carbons (Fsp3) is 0.775. The molecule has 1 heterocycles. The van der Waals surface area contributed by atoms with E-state index in [1.54, 1.807) is 34.0 Å². The first-order valence-electron chi connectivity index (χ1n) is 21.5. The van der Waals surface area contributed by atoms with Crippen LogP contribution >= 0.6 is 11.8 Å². The van der Waals surface area contributed by atoms with Crippen LogP contribution in [0.1, 0.15) is 86.5 Å². The third kappa shape index (κ3) is 19.2. The van der Waals surface area contributed by atoms with E-state index in [2.05, 4.69) is 37.2 Å². The first kappa shape index (κ1) is 57.4. The van der Waals surface area contributed by atoms with Crippen LogP contribution in [0.25, 0.3) is 0 Å². The molecule has 0 radical (unpaired) electrons. The number of hydrogen-bond acceptors (Lipinski definition) is 15. The van der Waals surface area contributed by atoms with E-state index < -0.39 is 133 Å². The van der Waals surface area contributed by atoms with Crippen molar-refractivity contribution in [3.63, 3.8) is 0 Å². The summed E-state index contributed by atoms with van der Waals surface area (Å²) in [6.07, 6.45) is 0.975. The minimum atomic E-state index is -1.64. The summed E-state index contributed by atoms with van der Waals surface area (Å²) in [5.41, 5.74) is 11.4. The Morgan fingerprint density at radius 2 is 1.27 bits per heavy atom. The van der Waals surface area contributed by atoms with Gasteiger partial charge in [-0.25, -0.2) is 4.79 Å². The molecule has 1 fully saturated rings. The Morgan fingerprint density at radius 1 is 0.703 bits per heavy atom. The molecule has 366 valence electrons. The van der Waals surface area contributed by atoms with Gasteiger partial charge in [0.2, 0.25) is 47.3 Å². The summed E-state index contributed by atoms with van der Waals surface area (Å²) < 4.78 is 0. The van der Waals surface area contributed by atoms with E-state index in [1.165, 1.54) is 25.6 Å². The standard InChI is InChI=1S/C40H72N10O13S/c1-20(2)17-26(35(57)49-32(23(6)53)37(59)43-18-29(54)44-27(19-51)39(61)50-15-10-12-28(50)40(62)63)47-38(60)31(21(3)4)48-34(56)24(11-8-9-14-41)45-33(55)25(13-16-64-7)46-36(58)30(42)22(5)52/h20-28,30-32,51-53H,8-19,41-42H2,1-7H3,(H,43,59)(H,44,54)(H,45,55)(H,46,58)(H,47,60)(H,48,56)(H,49,57)(H,62,63). The third-order valence-electron chi connectivity index (χ3n) is 10.4. The molecule has 0 aromatic rings. The number of unbranched alkanes of at least 4 members (excludes halogenated alkanes) is 1. The van der Waals surface area contributed by atoms with Crippen LogP contribution in [0.5, 0.6) is 0 Å². The Hall–Kier alpha value is -4.62. The molecule has 0 aromatic heterocycles. The van der Waals surface area contributed by atoms with Crippen molar-refractivity contribution < 1.29 is 63.6 Å². The number of nitrogens with zero attached hydrogens (tertiary/aromatic N) is 1. The quantitative estimate of drug-likeness (QED) is 0.0316. The van der Waals surface area contributed by atoms with Crippen LogP contribution < -0.4 is 48.7 Å². The number of aliphatic hydroxyl groups excluding tert-OH is 3. The summed E-state index contributed by atoms with van der Waals surface area (Å²) in [5, 5.41) is 56.9. The molecule has 23 nitrogen and oxygen atoms in total. The summed E-state index contributed by atoms with van der Waals surface area (Å²) in [6, 6.07) is -10.4. The zero-order valence-electron chi connectivity index (χ0n) is 37.9. The second-order valence-electron chi connectivity index (χ2n) is 16.7. The Labute approximate surface area is 378 Å². The van der Waals surface area contributed by atoms with Crippen molar-refractivity contribution in [3.05, 3.63) is 0 Å². The number of rotatable bonds is 29. The van der Waals surface area contributed by atoms with Crippen LogP contribution in [0, 0.1) is 11.8 Å². The number of carboxylic acid groups (broad SMARTS) is 1. The maximum atomic E-state index is 13.9. The highest BCUT2D eigenvalue weighted by Gasteiger charge is 2.38. The van der Waals surface area contributed by atoms with Crippen molar-refractivity contribution in [2.75, 3.05) is 38.2 Å². The lowest BCUT2D eigenvalue weighted by Crippen LogP contribution is -2.61. The number of carboxylic acids is 1. The largest absolute Gasteiger partial charge is 0.480 e. The maximum Gasteiger partial charge on any atom is 0.326 e. The Morgan fingerprint density at radius 3 is 1.80 bits per heavy atom. The zero-order chi connectivity index (χ0) is 48.8. The molecule has 1 rings (SSSR count). The minimum Gasteiger partial charge on any atom is -0.480 e. The van der Waals surface area contributed by atoms with Gasteiger partial charge in [0.25, 0.3) is 0 Å². The summed E-state index contributed by atoms with van der Waals surface area (Å²) in [6.45, 7) is 8.15. The van der Waals surface area contributed by atoms with Gasteiger partial charge in [0.05, 0.1) is 25.4 Å². The van der Waals surface area contributed by atoms with E-state index in [9.17, 15) is 63.6 Å². The van der Waals surface area contributed by atoms with Gasteiger partial charge in [-0.05, 0) is 89.2 Å². The van der Waals surface area contributed by atoms with Gasteiger partial charge in [-0.1, -0.05) is 27.7 Å². The van der Waals surface area contributed by atoms with Crippen LogP contribution in [0.4, 0.5) is 0 Å². The van der Waals surface area contributed by atoms with Crippen LogP contribution in [0.3, 0.4) is 0 Å². The number of aliphatic hydroxyl groups is 3. The second-order valence-corrected chi connectivity index (χ2v) is 17.6. The topological polar surface area (TPSA) is 374 Å². The fourth-order valence-electron chi connectivity index (χ4n) is 6.63. The first-order valence-corrected chi connectivity index (χ1v) is 22.9. The molecular formula is C40H72N10O13S. The van der Waals surface area contributed by atoms with E-state index in [-0.39, 0.29) is 38.1 Å². The second kappa shape index (κ2) is 29.0. The lowest BCUT2D eigenvalue weighted by Gasteiger charge is -2.29.